The Morgan fingerprint density at radius 2 is 1.15 bits per heavy atom. The summed E-state index contributed by atoms with van der Waals surface area (Å²) in [5.41, 5.74) is 2.96. The average Bonchev–Trinajstić information content (AvgIpc) is 2.84. The van der Waals surface area contributed by atoms with Gasteiger partial charge in [0.25, 0.3) is 0 Å². The molecule has 0 aliphatic heterocycles. The van der Waals surface area contributed by atoms with Crippen molar-refractivity contribution >= 4 is 8.07 Å². The van der Waals surface area contributed by atoms with E-state index in [0.29, 0.717) is 5.56 Å². The van der Waals surface area contributed by atoms with Crippen LogP contribution in [0.5, 0.6) is 5.75 Å². The van der Waals surface area contributed by atoms with E-state index in [9.17, 15) is 0 Å². The monoisotopic (exact) mass is 463 g/mol. The molecule has 2 nitrogen and oxygen atoms in total. The Labute approximate surface area is 204 Å². The normalized spacial score (nSPS) is 11.3. The van der Waals surface area contributed by atoms with Crippen LogP contribution in [-0.2, 0) is 0 Å². The molecule has 0 heterocycles. The van der Waals surface area contributed by atoms with Gasteiger partial charge in [0.2, 0.25) is 0 Å². The van der Waals surface area contributed by atoms with Crippen molar-refractivity contribution < 1.29 is 4.74 Å². The SMILES string of the molecule is CCCC[Si](C)(C)CCCCCCCCCCCOc1ccc(-c2ccc(C#N)cc2)cc1. The Hall–Kier alpha value is -2.05. The fourth-order valence-corrected chi connectivity index (χ4v) is 7.16. The summed E-state index contributed by atoms with van der Waals surface area (Å²) in [6.07, 6.45) is 15.1. The number of rotatable bonds is 17. The van der Waals surface area contributed by atoms with E-state index in [1.54, 1.807) is 0 Å². The molecule has 0 unspecified atom stereocenters. The number of nitriles is 1. The van der Waals surface area contributed by atoms with Crippen LogP contribution in [0.3, 0.4) is 0 Å². The first kappa shape index (κ1) is 27.2. The molecule has 2 aromatic carbocycles. The van der Waals surface area contributed by atoms with Gasteiger partial charge in [0.1, 0.15) is 5.75 Å². The lowest BCUT2D eigenvalue weighted by Crippen LogP contribution is -2.24. The maximum atomic E-state index is 8.92. The first-order valence-corrected chi connectivity index (χ1v) is 16.7. The predicted molar refractivity (Wildman–Crippen MR) is 146 cm³/mol. The minimum atomic E-state index is -0.886. The lowest BCUT2D eigenvalue weighted by molar-refractivity contribution is 0.304. The van der Waals surface area contributed by atoms with Gasteiger partial charge in [-0.1, -0.05) is 121 Å². The van der Waals surface area contributed by atoms with Crippen molar-refractivity contribution in [3.05, 3.63) is 54.1 Å². The highest BCUT2D eigenvalue weighted by atomic mass is 28.3. The van der Waals surface area contributed by atoms with Crippen LogP contribution in [0.4, 0.5) is 0 Å². The first-order valence-electron chi connectivity index (χ1n) is 13.3. The molecular weight excluding hydrogens is 418 g/mol. The number of ether oxygens (including phenoxy) is 1. The molecule has 2 aromatic rings. The molecule has 0 atom stereocenters. The summed E-state index contributed by atoms with van der Waals surface area (Å²) in [4.78, 5) is 0. The second-order valence-corrected chi connectivity index (χ2v) is 15.6. The largest absolute Gasteiger partial charge is 0.494 e. The molecule has 0 aromatic heterocycles. The molecule has 0 bridgehead atoms. The molecule has 0 N–H and O–H groups in total. The van der Waals surface area contributed by atoms with E-state index in [-0.39, 0.29) is 0 Å². The zero-order valence-corrected chi connectivity index (χ0v) is 22.4. The maximum Gasteiger partial charge on any atom is 0.119 e. The van der Waals surface area contributed by atoms with Crippen LogP contribution in [0.15, 0.2) is 48.5 Å². The van der Waals surface area contributed by atoms with Gasteiger partial charge in [-0.3, -0.25) is 0 Å². The number of benzene rings is 2. The van der Waals surface area contributed by atoms with Gasteiger partial charge in [-0.25, -0.2) is 0 Å². The fourth-order valence-electron chi connectivity index (χ4n) is 4.39. The molecule has 0 saturated heterocycles. The van der Waals surface area contributed by atoms with E-state index in [1.807, 2.05) is 36.4 Å². The summed E-state index contributed by atoms with van der Waals surface area (Å²) in [7, 11) is -0.886. The summed E-state index contributed by atoms with van der Waals surface area (Å²) in [6.45, 7) is 8.28. The highest BCUT2D eigenvalue weighted by molar-refractivity contribution is 6.77. The number of hydrogen-bond acceptors (Lipinski definition) is 2. The molecule has 0 fully saturated rings. The Balaban J connectivity index is 1.46. The third kappa shape index (κ3) is 11.6. The summed E-state index contributed by atoms with van der Waals surface area (Å²) in [6, 6.07) is 21.2. The van der Waals surface area contributed by atoms with Crippen LogP contribution in [0, 0.1) is 11.3 Å². The van der Waals surface area contributed by atoms with Gasteiger partial charge in [-0.2, -0.15) is 5.26 Å². The van der Waals surface area contributed by atoms with Crippen molar-refractivity contribution in [2.45, 2.75) is 103 Å². The third-order valence-corrected chi connectivity index (χ3v) is 10.1. The topological polar surface area (TPSA) is 33.0 Å². The first-order chi connectivity index (χ1) is 16.0. The van der Waals surface area contributed by atoms with Crippen LogP contribution in [0.1, 0.15) is 83.1 Å². The number of nitrogens with zero attached hydrogens (tertiary/aromatic N) is 1. The second kappa shape index (κ2) is 15.7. The highest BCUT2D eigenvalue weighted by Crippen LogP contribution is 2.24. The van der Waals surface area contributed by atoms with Crippen LogP contribution in [0.2, 0.25) is 25.2 Å². The van der Waals surface area contributed by atoms with Gasteiger partial charge < -0.3 is 4.74 Å². The number of hydrogen-bond donors (Lipinski definition) is 0. The quantitative estimate of drug-likeness (QED) is 0.173. The van der Waals surface area contributed by atoms with E-state index in [1.165, 1.54) is 76.3 Å². The van der Waals surface area contributed by atoms with Crippen LogP contribution in [-0.4, -0.2) is 14.7 Å². The molecule has 0 aliphatic rings. The molecule has 0 amide bonds. The minimum Gasteiger partial charge on any atom is -0.494 e. The fraction of sp³-hybridized carbons (Fsp3) is 0.567. The second-order valence-electron chi connectivity index (χ2n) is 10.3. The zero-order chi connectivity index (χ0) is 23.8. The van der Waals surface area contributed by atoms with Gasteiger partial charge in [-0.15, -0.1) is 0 Å². The summed E-state index contributed by atoms with van der Waals surface area (Å²) < 4.78 is 5.92. The molecule has 180 valence electrons. The average molecular weight is 464 g/mol. The molecule has 0 spiro atoms. The molecule has 0 aliphatic carbocycles. The summed E-state index contributed by atoms with van der Waals surface area (Å²) in [5.74, 6) is 0.938. The minimum absolute atomic E-state index is 0.692. The Kier molecular flexibility index (Phi) is 13.0. The molecular formula is C30H45NOSi. The predicted octanol–water partition coefficient (Wildman–Crippen LogP) is 9.62. The molecule has 3 heteroatoms. The Morgan fingerprint density at radius 3 is 1.70 bits per heavy atom. The van der Waals surface area contributed by atoms with Gasteiger partial charge in [0.05, 0.1) is 18.2 Å². The van der Waals surface area contributed by atoms with Crippen molar-refractivity contribution in [2.24, 2.45) is 0 Å². The van der Waals surface area contributed by atoms with Gasteiger partial charge in [0, 0.05) is 8.07 Å². The standard InChI is InChI=1S/C30H45NOSi/c1-4-5-24-33(2,3)25-14-12-10-8-6-7-9-11-13-23-32-30-21-19-29(20-22-30)28-17-15-27(26-31)16-18-28/h15-22H,4-14,23-25H2,1-3H3. The van der Waals surface area contributed by atoms with Crippen molar-refractivity contribution in [1.29, 1.82) is 5.26 Å². The summed E-state index contributed by atoms with van der Waals surface area (Å²) >= 11 is 0. The Morgan fingerprint density at radius 1 is 0.667 bits per heavy atom. The molecule has 0 radical (unpaired) electrons. The van der Waals surface area contributed by atoms with Crippen molar-refractivity contribution in [3.8, 4) is 22.9 Å². The van der Waals surface area contributed by atoms with E-state index in [0.717, 1.165) is 29.9 Å². The maximum absolute atomic E-state index is 8.92. The van der Waals surface area contributed by atoms with Crippen LogP contribution >= 0.6 is 0 Å². The van der Waals surface area contributed by atoms with Crippen LogP contribution in [0.25, 0.3) is 11.1 Å². The van der Waals surface area contributed by atoms with E-state index in [4.69, 9.17) is 10.00 Å². The lowest BCUT2D eigenvalue weighted by Gasteiger charge is -2.21. The smallest absolute Gasteiger partial charge is 0.119 e. The van der Waals surface area contributed by atoms with Gasteiger partial charge in [-0.05, 0) is 41.8 Å². The lowest BCUT2D eigenvalue weighted by atomic mass is 10.0. The van der Waals surface area contributed by atoms with Gasteiger partial charge >= 0.3 is 0 Å². The molecule has 0 saturated carbocycles. The van der Waals surface area contributed by atoms with Crippen molar-refractivity contribution in [3.63, 3.8) is 0 Å². The summed E-state index contributed by atoms with van der Waals surface area (Å²) in [5, 5.41) is 8.92. The van der Waals surface area contributed by atoms with Crippen molar-refractivity contribution in [1.82, 2.24) is 0 Å². The van der Waals surface area contributed by atoms with Crippen LogP contribution < -0.4 is 4.74 Å². The highest BCUT2D eigenvalue weighted by Gasteiger charge is 2.18. The zero-order valence-electron chi connectivity index (χ0n) is 21.4. The van der Waals surface area contributed by atoms with E-state index < -0.39 is 8.07 Å². The number of unbranched alkanes of at least 4 members (excludes halogenated alkanes) is 9. The van der Waals surface area contributed by atoms with Gasteiger partial charge in [0.15, 0.2) is 0 Å². The van der Waals surface area contributed by atoms with E-state index in [2.05, 4.69) is 38.2 Å². The third-order valence-electron chi connectivity index (χ3n) is 6.68. The Bertz CT molecular complexity index is 805. The van der Waals surface area contributed by atoms with Crippen molar-refractivity contribution in [2.75, 3.05) is 6.61 Å². The van der Waals surface area contributed by atoms with E-state index >= 15 is 0 Å². The molecule has 2 rings (SSSR count). The molecule has 33 heavy (non-hydrogen) atoms.